The van der Waals surface area contributed by atoms with Crippen LogP contribution < -0.4 is 10.1 Å². The number of esters is 2. The third-order valence-electron chi connectivity index (χ3n) is 3.47. The molecule has 1 N–H and O–H groups in total. The van der Waals surface area contributed by atoms with E-state index in [2.05, 4.69) is 5.32 Å². The number of nitrogens with one attached hydrogen (secondary N) is 1. The summed E-state index contributed by atoms with van der Waals surface area (Å²) >= 11 is 0.957. The SMILES string of the molecule is COC(=O)c1sc(NC(=O)c2cccc(OC)c2)c(C(=O)OC)c1C. The number of rotatable bonds is 5. The molecule has 0 unspecified atom stereocenters. The first-order valence-corrected chi connectivity index (χ1v) is 8.00. The second-order valence-electron chi connectivity index (χ2n) is 4.93. The van der Waals surface area contributed by atoms with Gasteiger partial charge in [-0.3, -0.25) is 4.79 Å². The lowest BCUT2D eigenvalue weighted by Gasteiger charge is -2.07. The van der Waals surface area contributed by atoms with Gasteiger partial charge >= 0.3 is 11.9 Å². The van der Waals surface area contributed by atoms with Gasteiger partial charge in [0.1, 0.15) is 15.6 Å². The predicted molar refractivity (Wildman–Crippen MR) is 92.7 cm³/mol. The van der Waals surface area contributed by atoms with Gasteiger partial charge < -0.3 is 19.5 Å². The summed E-state index contributed by atoms with van der Waals surface area (Å²) in [5.74, 6) is -1.15. The van der Waals surface area contributed by atoms with E-state index in [1.165, 1.54) is 21.3 Å². The largest absolute Gasteiger partial charge is 0.497 e. The van der Waals surface area contributed by atoms with Gasteiger partial charge in [-0.25, -0.2) is 9.59 Å². The molecule has 0 fully saturated rings. The molecule has 1 aromatic carbocycles. The Hall–Kier alpha value is -2.87. The highest BCUT2D eigenvalue weighted by molar-refractivity contribution is 7.18. The van der Waals surface area contributed by atoms with Crippen molar-refractivity contribution in [3.63, 3.8) is 0 Å². The third-order valence-corrected chi connectivity index (χ3v) is 4.65. The van der Waals surface area contributed by atoms with Crippen molar-refractivity contribution in [2.24, 2.45) is 0 Å². The molecule has 0 spiro atoms. The highest BCUT2D eigenvalue weighted by atomic mass is 32.1. The van der Waals surface area contributed by atoms with Crippen LogP contribution in [0, 0.1) is 6.92 Å². The highest BCUT2D eigenvalue weighted by Gasteiger charge is 2.27. The minimum atomic E-state index is -0.648. The maximum atomic E-state index is 12.5. The van der Waals surface area contributed by atoms with Crippen molar-refractivity contribution in [3.05, 3.63) is 45.8 Å². The van der Waals surface area contributed by atoms with E-state index in [0.29, 0.717) is 16.9 Å². The summed E-state index contributed by atoms with van der Waals surface area (Å²) in [5.41, 5.74) is 0.870. The Morgan fingerprint density at radius 2 is 1.72 bits per heavy atom. The molecule has 25 heavy (non-hydrogen) atoms. The Bertz CT molecular complexity index is 827. The fourth-order valence-corrected chi connectivity index (χ4v) is 3.28. The summed E-state index contributed by atoms with van der Waals surface area (Å²) in [7, 11) is 3.97. The second kappa shape index (κ2) is 7.80. The summed E-state index contributed by atoms with van der Waals surface area (Å²) < 4.78 is 14.6. The van der Waals surface area contributed by atoms with E-state index in [-0.39, 0.29) is 15.4 Å². The van der Waals surface area contributed by atoms with Crippen LogP contribution >= 0.6 is 11.3 Å². The van der Waals surface area contributed by atoms with Crippen LogP contribution in [-0.4, -0.2) is 39.2 Å². The number of carbonyl (C=O) groups is 3. The average Bonchev–Trinajstić information content (AvgIpc) is 2.96. The van der Waals surface area contributed by atoms with Gasteiger partial charge in [0.15, 0.2) is 0 Å². The van der Waals surface area contributed by atoms with Crippen LogP contribution in [-0.2, 0) is 9.47 Å². The fraction of sp³-hybridized carbons (Fsp3) is 0.235. The van der Waals surface area contributed by atoms with Crippen molar-refractivity contribution in [2.45, 2.75) is 6.92 Å². The molecular weight excluding hydrogens is 346 g/mol. The maximum Gasteiger partial charge on any atom is 0.348 e. The summed E-state index contributed by atoms with van der Waals surface area (Å²) in [6.45, 7) is 1.59. The van der Waals surface area contributed by atoms with E-state index in [1.807, 2.05) is 0 Å². The molecule has 1 heterocycles. The van der Waals surface area contributed by atoms with Crippen molar-refractivity contribution < 1.29 is 28.6 Å². The van der Waals surface area contributed by atoms with Crippen LogP contribution in [0.1, 0.15) is 36.0 Å². The molecule has 1 amide bonds. The molecule has 0 aliphatic carbocycles. The number of hydrogen-bond donors (Lipinski definition) is 1. The van der Waals surface area contributed by atoms with Crippen LogP contribution in [0.25, 0.3) is 0 Å². The molecule has 2 rings (SSSR count). The van der Waals surface area contributed by atoms with Gasteiger partial charge in [-0.05, 0) is 30.7 Å². The number of anilines is 1. The van der Waals surface area contributed by atoms with Gasteiger partial charge in [0, 0.05) is 5.56 Å². The van der Waals surface area contributed by atoms with Gasteiger partial charge in [0.25, 0.3) is 5.91 Å². The van der Waals surface area contributed by atoms with E-state index in [4.69, 9.17) is 14.2 Å². The minimum absolute atomic E-state index is 0.129. The van der Waals surface area contributed by atoms with Crippen molar-refractivity contribution in [1.82, 2.24) is 0 Å². The van der Waals surface area contributed by atoms with Crippen LogP contribution in [0.5, 0.6) is 5.75 Å². The van der Waals surface area contributed by atoms with Crippen LogP contribution in [0.15, 0.2) is 24.3 Å². The van der Waals surface area contributed by atoms with Gasteiger partial charge in [0.2, 0.25) is 0 Å². The Balaban J connectivity index is 2.42. The lowest BCUT2D eigenvalue weighted by molar-refractivity contribution is 0.0601. The molecule has 2 aromatic rings. The Labute approximate surface area is 148 Å². The Morgan fingerprint density at radius 3 is 2.32 bits per heavy atom. The van der Waals surface area contributed by atoms with Crippen LogP contribution in [0.3, 0.4) is 0 Å². The Morgan fingerprint density at radius 1 is 1.04 bits per heavy atom. The predicted octanol–water partition coefficient (Wildman–Crippen LogP) is 2.89. The highest BCUT2D eigenvalue weighted by Crippen LogP contribution is 2.34. The summed E-state index contributed by atoms with van der Waals surface area (Å²) in [5, 5.41) is 2.87. The first-order chi connectivity index (χ1) is 11.9. The zero-order chi connectivity index (χ0) is 18.6. The zero-order valence-electron chi connectivity index (χ0n) is 14.2. The smallest absolute Gasteiger partial charge is 0.348 e. The fourth-order valence-electron chi connectivity index (χ4n) is 2.18. The maximum absolute atomic E-state index is 12.5. The van der Waals surface area contributed by atoms with Crippen molar-refractivity contribution in [2.75, 3.05) is 26.6 Å². The molecule has 0 saturated heterocycles. The quantitative estimate of drug-likeness (QED) is 0.822. The molecule has 1 aromatic heterocycles. The van der Waals surface area contributed by atoms with Gasteiger partial charge in [0.05, 0.1) is 26.9 Å². The van der Waals surface area contributed by atoms with E-state index in [0.717, 1.165) is 11.3 Å². The summed E-state index contributed by atoms with van der Waals surface area (Å²) in [6.07, 6.45) is 0. The number of ether oxygens (including phenoxy) is 3. The molecule has 0 atom stereocenters. The van der Waals surface area contributed by atoms with Gasteiger partial charge in [-0.2, -0.15) is 0 Å². The number of benzene rings is 1. The summed E-state index contributed by atoms with van der Waals surface area (Å²) in [4.78, 5) is 36.6. The first-order valence-electron chi connectivity index (χ1n) is 7.18. The van der Waals surface area contributed by atoms with Crippen molar-refractivity contribution in [1.29, 1.82) is 0 Å². The molecule has 0 radical (unpaired) electrons. The molecule has 0 bridgehead atoms. The number of methoxy groups -OCH3 is 3. The molecule has 0 aliphatic heterocycles. The van der Waals surface area contributed by atoms with E-state index >= 15 is 0 Å². The molecule has 0 aliphatic rings. The molecule has 0 saturated carbocycles. The van der Waals surface area contributed by atoms with Gasteiger partial charge in [-0.15, -0.1) is 11.3 Å². The second-order valence-corrected chi connectivity index (χ2v) is 5.95. The number of carbonyl (C=O) groups excluding carboxylic acids is 3. The molecular formula is C17H17NO6S. The topological polar surface area (TPSA) is 90.9 Å². The molecule has 132 valence electrons. The lowest BCUT2D eigenvalue weighted by Crippen LogP contribution is -2.14. The van der Waals surface area contributed by atoms with Gasteiger partial charge in [-0.1, -0.05) is 6.07 Å². The van der Waals surface area contributed by atoms with Crippen molar-refractivity contribution in [3.8, 4) is 5.75 Å². The Kier molecular flexibility index (Phi) is 5.76. The molecule has 7 nitrogen and oxygen atoms in total. The van der Waals surface area contributed by atoms with Crippen LogP contribution in [0.4, 0.5) is 5.00 Å². The average molecular weight is 363 g/mol. The third kappa shape index (κ3) is 3.80. The standard InChI is InChI=1S/C17H17NO6S/c1-9-12(16(20)23-3)15(25-13(9)17(21)24-4)18-14(19)10-6-5-7-11(8-10)22-2/h5-8H,1-4H3,(H,18,19). The van der Waals surface area contributed by atoms with Crippen molar-refractivity contribution >= 4 is 34.2 Å². The van der Waals surface area contributed by atoms with E-state index in [9.17, 15) is 14.4 Å². The van der Waals surface area contributed by atoms with Crippen LogP contribution in [0.2, 0.25) is 0 Å². The summed E-state index contributed by atoms with van der Waals surface area (Å²) in [6, 6.07) is 6.56. The lowest BCUT2D eigenvalue weighted by atomic mass is 10.1. The monoisotopic (exact) mass is 363 g/mol. The number of thiophene rings is 1. The number of hydrogen-bond acceptors (Lipinski definition) is 7. The van der Waals surface area contributed by atoms with E-state index in [1.54, 1.807) is 31.2 Å². The van der Waals surface area contributed by atoms with E-state index < -0.39 is 17.8 Å². The first kappa shape index (κ1) is 18.5. The zero-order valence-corrected chi connectivity index (χ0v) is 15.0. The minimum Gasteiger partial charge on any atom is -0.497 e. The normalized spacial score (nSPS) is 10.1. The number of amides is 1. The molecule has 8 heteroatoms.